The molecule has 0 aliphatic carbocycles. The zero-order chi connectivity index (χ0) is 14.9. The summed E-state index contributed by atoms with van der Waals surface area (Å²) >= 11 is 5.78. The molecule has 2 rings (SSSR count). The van der Waals surface area contributed by atoms with Crippen molar-refractivity contribution in [1.82, 2.24) is 0 Å². The largest absolute Gasteiger partial charge is 0.416 e. The molecule has 106 valence electrons. The first-order valence-corrected chi connectivity index (χ1v) is 5.97. The van der Waals surface area contributed by atoms with Crippen molar-refractivity contribution in [3.63, 3.8) is 0 Å². The van der Waals surface area contributed by atoms with E-state index in [1.165, 1.54) is 18.2 Å². The molecule has 0 aliphatic rings. The second-order valence-corrected chi connectivity index (χ2v) is 4.60. The second kappa shape index (κ2) is 5.42. The molecule has 1 unspecified atom stereocenters. The Bertz CT molecular complexity index is 625. The molecule has 0 heterocycles. The van der Waals surface area contributed by atoms with Gasteiger partial charge in [-0.05, 0) is 29.8 Å². The minimum Gasteiger partial charge on any atom is -0.384 e. The topological polar surface area (TPSA) is 20.2 Å². The van der Waals surface area contributed by atoms with Gasteiger partial charge in [-0.25, -0.2) is 4.39 Å². The van der Waals surface area contributed by atoms with Gasteiger partial charge in [-0.3, -0.25) is 0 Å². The molecule has 2 aromatic carbocycles. The minimum atomic E-state index is -4.50. The lowest BCUT2D eigenvalue weighted by Crippen LogP contribution is -2.07. The Morgan fingerprint density at radius 1 is 1.05 bits per heavy atom. The Kier molecular flexibility index (Phi) is 4.01. The highest BCUT2D eigenvalue weighted by Crippen LogP contribution is 2.33. The summed E-state index contributed by atoms with van der Waals surface area (Å²) in [6.07, 6.45) is -5.85. The fourth-order valence-electron chi connectivity index (χ4n) is 1.79. The maximum Gasteiger partial charge on any atom is 0.416 e. The van der Waals surface area contributed by atoms with E-state index in [0.29, 0.717) is 0 Å². The van der Waals surface area contributed by atoms with Gasteiger partial charge in [-0.1, -0.05) is 29.8 Å². The number of aliphatic hydroxyl groups excluding tert-OH is 1. The fourth-order valence-corrected chi connectivity index (χ4v) is 2.06. The third kappa shape index (κ3) is 3.11. The van der Waals surface area contributed by atoms with Crippen LogP contribution in [0, 0.1) is 5.82 Å². The Morgan fingerprint density at radius 3 is 2.35 bits per heavy atom. The lowest BCUT2D eigenvalue weighted by molar-refractivity contribution is -0.137. The fraction of sp³-hybridized carbons (Fsp3) is 0.143. The Morgan fingerprint density at radius 2 is 1.75 bits per heavy atom. The van der Waals surface area contributed by atoms with Crippen LogP contribution in [0.1, 0.15) is 22.8 Å². The first-order chi connectivity index (χ1) is 9.29. The molecule has 20 heavy (non-hydrogen) atoms. The van der Waals surface area contributed by atoms with Gasteiger partial charge in [0.1, 0.15) is 11.9 Å². The van der Waals surface area contributed by atoms with E-state index >= 15 is 0 Å². The minimum absolute atomic E-state index is 0.0355. The van der Waals surface area contributed by atoms with Crippen molar-refractivity contribution in [3.05, 3.63) is 70.0 Å². The predicted octanol–water partition coefficient (Wildman–Crippen LogP) is 4.58. The molecule has 0 saturated carbocycles. The highest BCUT2D eigenvalue weighted by Gasteiger charge is 2.31. The summed E-state index contributed by atoms with van der Waals surface area (Å²) in [4.78, 5) is 0. The van der Waals surface area contributed by atoms with Crippen LogP contribution >= 0.6 is 11.6 Å². The van der Waals surface area contributed by atoms with Crippen LogP contribution in [0.2, 0.25) is 5.02 Å². The zero-order valence-corrected chi connectivity index (χ0v) is 10.7. The standard InChI is InChI=1S/C14H9ClF4O/c15-12-7-10(16)4-5-11(12)13(20)8-2-1-3-9(6-8)14(17,18)19/h1-7,13,20H. The van der Waals surface area contributed by atoms with Gasteiger partial charge in [0.15, 0.2) is 0 Å². The van der Waals surface area contributed by atoms with Gasteiger partial charge >= 0.3 is 6.18 Å². The van der Waals surface area contributed by atoms with Crippen LogP contribution in [-0.4, -0.2) is 5.11 Å². The van der Waals surface area contributed by atoms with Gasteiger partial charge in [0.05, 0.1) is 5.56 Å². The van der Waals surface area contributed by atoms with Gasteiger partial charge in [-0.15, -0.1) is 0 Å². The molecule has 1 N–H and O–H groups in total. The number of hydrogen-bond donors (Lipinski definition) is 1. The molecular formula is C14H9ClF4O. The number of hydrogen-bond acceptors (Lipinski definition) is 1. The summed E-state index contributed by atoms with van der Waals surface area (Å²) < 4.78 is 50.7. The van der Waals surface area contributed by atoms with E-state index in [1.54, 1.807) is 0 Å². The van der Waals surface area contributed by atoms with Crippen LogP contribution in [0.25, 0.3) is 0 Å². The van der Waals surface area contributed by atoms with Gasteiger partial charge in [0, 0.05) is 10.6 Å². The van der Waals surface area contributed by atoms with Crippen LogP contribution in [0.3, 0.4) is 0 Å². The first-order valence-electron chi connectivity index (χ1n) is 5.59. The normalized spacial score (nSPS) is 13.3. The third-order valence-electron chi connectivity index (χ3n) is 2.79. The maximum absolute atomic E-state index is 12.9. The summed E-state index contributed by atoms with van der Waals surface area (Å²) in [7, 11) is 0. The quantitative estimate of drug-likeness (QED) is 0.805. The lowest BCUT2D eigenvalue weighted by atomic mass is 9.99. The number of benzene rings is 2. The van der Waals surface area contributed by atoms with Crippen molar-refractivity contribution < 1.29 is 22.7 Å². The van der Waals surface area contributed by atoms with Crippen LogP contribution in [0.5, 0.6) is 0 Å². The van der Waals surface area contributed by atoms with Gasteiger partial charge in [-0.2, -0.15) is 13.2 Å². The van der Waals surface area contributed by atoms with Crippen molar-refractivity contribution in [3.8, 4) is 0 Å². The molecule has 0 aliphatic heterocycles. The Hall–Kier alpha value is -1.59. The molecule has 0 spiro atoms. The van der Waals surface area contributed by atoms with Crippen molar-refractivity contribution in [1.29, 1.82) is 0 Å². The van der Waals surface area contributed by atoms with Crippen molar-refractivity contribution in [2.75, 3.05) is 0 Å². The molecule has 2 aromatic rings. The molecule has 0 bridgehead atoms. The molecule has 0 saturated heterocycles. The smallest absolute Gasteiger partial charge is 0.384 e. The van der Waals surface area contributed by atoms with Crippen LogP contribution < -0.4 is 0 Å². The molecule has 0 aromatic heterocycles. The first kappa shape index (κ1) is 14.8. The van der Waals surface area contributed by atoms with E-state index in [9.17, 15) is 22.7 Å². The molecule has 0 fully saturated rings. The predicted molar refractivity (Wildman–Crippen MR) is 66.9 cm³/mol. The number of aliphatic hydroxyl groups is 1. The summed E-state index contributed by atoms with van der Waals surface area (Å²) in [5, 5.41) is 10.0. The summed E-state index contributed by atoms with van der Waals surface area (Å²) in [5.74, 6) is -0.588. The average Bonchev–Trinajstić information content (AvgIpc) is 2.37. The van der Waals surface area contributed by atoms with Crippen LogP contribution in [-0.2, 0) is 6.18 Å². The van der Waals surface area contributed by atoms with E-state index in [0.717, 1.165) is 24.3 Å². The van der Waals surface area contributed by atoms with E-state index < -0.39 is 23.7 Å². The molecule has 6 heteroatoms. The average molecular weight is 305 g/mol. The van der Waals surface area contributed by atoms with E-state index in [4.69, 9.17) is 11.6 Å². The van der Waals surface area contributed by atoms with E-state index in [-0.39, 0.29) is 16.1 Å². The molecule has 1 nitrogen and oxygen atoms in total. The molecule has 0 amide bonds. The summed E-state index contributed by atoms with van der Waals surface area (Å²) in [6.45, 7) is 0. The number of rotatable bonds is 2. The second-order valence-electron chi connectivity index (χ2n) is 4.19. The van der Waals surface area contributed by atoms with Gasteiger partial charge in [0.2, 0.25) is 0 Å². The Balaban J connectivity index is 2.41. The summed E-state index contributed by atoms with van der Waals surface area (Å²) in [6, 6.07) is 7.60. The highest BCUT2D eigenvalue weighted by atomic mass is 35.5. The monoisotopic (exact) mass is 304 g/mol. The number of halogens is 5. The summed E-state index contributed by atoms with van der Waals surface area (Å²) in [5.41, 5.74) is -0.687. The van der Waals surface area contributed by atoms with Crippen molar-refractivity contribution in [2.24, 2.45) is 0 Å². The van der Waals surface area contributed by atoms with Crippen molar-refractivity contribution >= 4 is 11.6 Å². The maximum atomic E-state index is 12.9. The van der Waals surface area contributed by atoms with Crippen molar-refractivity contribution in [2.45, 2.75) is 12.3 Å². The SMILES string of the molecule is OC(c1cccc(C(F)(F)F)c1)c1ccc(F)cc1Cl. The van der Waals surface area contributed by atoms with Gasteiger partial charge < -0.3 is 5.11 Å². The third-order valence-corrected chi connectivity index (χ3v) is 3.11. The Labute approximate surface area is 117 Å². The zero-order valence-electron chi connectivity index (χ0n) is 9.96. The number of alkyl halides is 3. The van der Waals surface area contributed by atoms with Crippen LogP contribution in [0.4, 0.5) is 17.6 Å². The van der Waals surface area contributed by atoms with Crippen LogP contribution in [0.15, 0.2) is 42.5 Å². The molecular weight excluding hydrogens is 296 g/mol. The molecule has 0 radical (unpaired) electrons. The van der Waals surface area contributed by atoms with E-state index in [1.807, 2.05) is 0 Å². The lowest BCUT2D eigenvalue weighted by Gasteiger charge is -2.15. The highest BCUT2D eigenvalue weighted by molar-refractivity contribution is 6.31. The van der Waals surface area contributed by atoms with E-state index in [2.05, 4.69) is 0 Å². The molecule has 1 atom stereocenters. The van der Waals surface area contributed by atoms with Gasteiger partial charge in [0.25, 0.3) is 0 Å².